The van der Waals surface area contributed by atoms with E-state index in [2.05, 4.69) is 32.4 Å². The second-order valence-corrected chi connectivity index (χ2v) is 11.6. The fraction of sp³-hybridized carbons (Fsp3) is 0.324. The van der Waals surface area contributed by atoms with Gasteiger partial charge in [-0.25, -0.2) is 9.59 Å². The van der Waals surface area contributed by atoms with Crippen LogP contribution in [0.5, 0.6) is 11.5 Å². The molecule has 1 aliphatic heterocycles. The Hall–Kier alpha value is -4.67. The van der Waals surface area contributed by atoms with Crippen LogP contribution in [-0.2, 0) is 21.4 Å². The Morgan fingerprint density at radius 3 is 2.32 bits per heavy atom. The third-order valence-corrected chi connectivity index (χ3v) is 7.53. The molecule has 0 spiro atoms. The third-order valence-electron chi connectivity index (χ3n) is 7.53. The second kappa shape index (κ2) is 13.3. The smallest absolute Gasteiger partial charge is 0.491 e. The molecule has 1 aromatic heterocycles. The molecular formula is C34H38N4O6. The van der Waals surface area contributed by atoms with E-state index in [1.807, 2.05) is 63.4 Å². The number of carbonyl (C=O) groups excluding carboxylic acids is 2. The van der Waals surface area contributed by atoms with Crippen LogP contribution < -0.4 is 20.1 Å². The molecule has 0 aliphatic carbocycles. The number of nitrogens with one attached hydrogen (secondary N) is 2. The van der Waals surface area contributed by atoms with Gasteiger partial charge in [-0.2, -0.15) is 0 Å². The van der Waals surface area contributed by atoms with Crippen LogP contribution in [0.4, 0.5) is 21.0 Å². The van der Waals surface area contributed by atoms with Crippen molar-refractivity contribution in [3.05, 3.63) is 78.1 Å². The monoisotopic (exact) mass is 598 g/mol. The van der Waals surface area contributed by atoms with Gasteiger partial charge in [-0.05, 0) is 46.2 Å². The molecule has 0 unspecified atom stereocenters. The number of hydrogen-bond donors (Lipinski definition) is 2. The van der Waals surface area contributed by atoms with Gasteiger partial charge >= 0.3 is 12.2 Å². The Bertz CT molecular complexity index is 1640. The number of benzene rings is 3. The van der Waals surface area contributed by atoms with Crippen molar-refractivity contribution >= 4 is 34.3 Å². The maximum atomic E-state index is 13.4. The fourth-order valence-corrected chi connectivity index (χ4v) is 5.15. The van der Waals surface area contributed by atoms with Crippen molar-refractivity contribution in [1.29, 1.82) is 0 Å². The summed E-state index contributed by atoms with van der Waals surface area (Å²) in [5, 5.41) is 7.71. The van der Waals surface area contributed by atoms with Gasteiger partial charge in [-0.3, -0.25) is 9.88 Å². The number of fused-ring (bicyclic) bond motifs is 1. The predicted molar refractivity (Wildman–Crippen MR) is 171 cm³/mol. The zero-order chi connectivity index (χ0) is 31.3. The number of aromatic nitrogens is 1. The van der Waals surface area contributed by atoms with Gasteiger partial charge in [-0.15, -0.1) is 0 Å². The largest absolute Gasteiger partial charge is 0.513 e. The molecule has 0 atom stereocenters. The van der Waals surface area contributed by atoms with Gasteiger partial charge in [0.05, 0.1) is 44.5 Å². The van der Waals surface area contributed by atoms with Gasteiger partial charge < -0.3 is 29.6 Å². The molecule has 230 valence electrons. The van der Waals surface area contributed by atoms with Crippen LogP contribution in [0, 0.1) is 0 Å². The summed E-state index contributed by atoms with van der Waals surface area (Å²) < 4.78 is 21.0. The standard InChI is InChI=1S/C34H38N4O6/c1-34(2,3)23-18-29(31(41-4)30(19-23)44-33(40)42-5)37-32(39)36-28-13-12-25(26-8-6-7-9-27(26)28)22-10-11-24(35-20-22)21-38-14-16-43-17-15-38/h6-13,18-20H,14-17,21H2,1-5H3,(H2,36,37,39). The van der Waals surface area contributed by atoms with Gasteiger partial charge in [0.2, 0.25) is 0 Å². The molecule has 0 radical (unpaired) electrons. The highest BCUT2D eigenvalue weighted by Gasteiger charge is 2.23. The zero-order valence-electron chi connectivity index (χ0n) is 25.7. The molecule has 2 N–H and O–H groups in total. The average Bonchev–Trinajstić information content (AvgIpc) is 3.01. The number of morpholine rings is 1. The van der Waals surface area contributed by atoms with Crippen molar-refractivity contribution in [2.75, 3.05) is 51.2 Å². The Balaban J connectivity index is 1.39. The van der Waals surface area contributed by atoms with E-state index in [0.717, 1.165) is 66.0 Å². The molecule has 1 aliphatic rings. The van der Waals surface area contributed by atoms with Gasteiger partial charge in [0.15, 0.2) is 11.5 Å². The minimum absolute atomic E-state index is 0.140. The molecule has 2 amide bonds. The van der Waals surface area contributed by atoms with Crippen LogP contribution in [0.3, 0.4) is 0 Å². The van der Waals surface area contributed by atoms with Crippen molar-refractivity contribution in [2.24, 2.45) is 0 Å². The van der Waals surface area contributed by atoms with Crippen LogP contribution in [0.2, 0.25) is 0 Å². The molecular weight excluding hydrogens is 560 g/mol. The molecule has 10 heteroatoms. The summed E-state index contributed by atoms with van der Waals surface area (Å²) in [5.74, 6) is 0.338. The third kappa shape index (κ3) is 7.10. The molecule has 3 aromatic carbocycles. The molecule has 1 saturated heterocycles. The van der Waals surface area contributed by atoms with Crippen molar-refractivity contribution in [1.82, 2.24) is 9.88 Å². The first-order chi connectivity index (χ1) is 21.2. The number of methoxy groups -OCH3 is 2. The highest BCUT2D eigenvalue weighted by Crippen LogP contribution is 2.41. The van der Waals surface area contributed by atoms with Crippen molar-refractivity contribution in [2.45, 2.75) is 32.7 Å². The van der Waals surface area contributed by atoms with Crippen molar-refractivity contribution in [3.8, 4) is 22.6 Å². The van der Waals surface area contributed by atoms with Crippen LogP contribution >= 0.6 is 0 Å². The molecule has 0 bridgehead atoms. The van der Waals surface area contributed by atoms with Gasteiger partial charge in [0, 0.05) is 36.8 Å². The van der Waals surface area contributed by atoms with E-state index >= 15 is 0 Å². The Kier molecular flexibility index (Phi) is 9.32. The molecule has 44 heavy (non-hydrogen) atoms. The van der Waals surface area contributed by atoms with E-state index in [1.165, 1.54) is 14.2 Å². The summed E-state index contributed by atoms with van der Waals surface area (Å²) in [6, 6.07) is 19.0. The van der Waals surface area contributed by atoms with Crippen LogP contribution in [-0.4, -0.2) is 62.6 Å². The molecule has 5 rings (SSSR count). The number of amides is 2. The Morgan fingerprint density at radius 1 is 0.932 bits per heavy atom. The number of urea groups is 1. The van der Waals surface area contributed by atoms with Gasteiger partial charge in [0.25, 0.3) is 0 Å². The number of anilines is 2. The first-order valence-electron chi connectivity index (χ1n) is 14.5. The number of rotatable bonds is 7. The Morgan fingerprint density at radius 2 is 1.66 bits per heavy atom. The molecule has 1 fully saturated rings. The molecule has 10 nitrogen and oxygen atoms in total. The lowest BCUT2D eigenvalue weighted by Crippen LogP contribution is -2.35. The van der Waals surface area contributed by atoms with Crippen molar-refractivity contribution < 1.29 is 28.5 Å². The summed E-state index contributed by atoms with van der Waals surface area (Å²) >= 11 is 0. The number of hydrogen-bond acceptors (Lipinski definition) is 8. The SMILES string of the molecule is COC(=O)Oc1cc(C(C)(C)C)cc(NC(=O)Nc2ccc(-c3ccc(CN4CCOCC4)nc3)c3ccccc23)c1OC. The lowest BCUT2D eigenvalue weighted by Gasteiger charge is -2.26. The summed E-state index contributed by atoms with van der Waals surface area (Å²) in [4.78, 5) is 32.4. The van der Waals surface area contributed by atoms with Crippen LogP contribution in [0.15, 0.2) is 66.9 Å². The highest BCUT2D eigenvalue weighted by atomic mass is 16.7. The van der Waals surface area contributed by atoms with E-state index in [-0.39, 0.29) is 16.9 Å². The quantitative estimate of drug-likeness (QED) is 0.176. The number of ether oxygens (including phenoxy) is 4. The highest BCUT2D eigenvalue weighted by molar-refractivity contribution is 6.10. The number of pyridine rings is 1. The average molecular weight is 599 g/mol. The van der Waals surface area contributed by atoms with Gasteiger partial charge in [-0.1, -0.05) is 57.2 Å². The zero-order valence-corrected chi connectivity index (χ0v) is 25.7. The van der Waals surface area contributed by atoms with E-state index in [9.17, 15) is 9.59 Å². The van der Waals surface area contributed by atoms with E-state index < -0.39 is 12.2 Å². The van der Waals surface area contributed by atoms with Crippen molar-refractivity contribution in [3.63, 3.8) is 0 Å². The maximum absolute atomic E-state index is 13.4. The predicted octanol–water partition coefficient (Wildman–Crippen LogP) is 6.83. The normalized spacial score (nSPS) is 13.8. The number of carbonyl (C=O) groups is 2. The Labute approximate surface area is 257 Å². The summed E-state index contributed by atoms with van der Waals surface area (Å²) in [5.41, 5.74) is 4.52. The summed E-state index contributed by atoms with van der Waals surface area (Å²) in [7, 11) is 2.67. The first kappa shape index (κ1) is 30.8. The van der Waals surface area contributed by atoms with Crippen LogP contribution in [0.1, 0.15) is 32.0 Å². The van der Waals surface area contributed by atoms with Gasteiger partial charge in [0.1, 0.15) is 0 Å². The van der Waals surface area contributed by atoms with E-state index in [0.29, 0.717) is 11.4 Å². The second-order valence-electron chi connectivity index (χ2n) is 11.6. The fourth-order valence-electron chi connectivity index (χ4n) is 5.15. The molecule has 2 heterocycles. The van der Waals surface area contributed by atoms with Crippen LogP contribution in [0.25, 0.3) is 21.9 Å². The number of nitrogens with zero attached hydrogens (tertiary/aromatic N) is 2. The summed E-state index contributed by atoms with van der Waals surface area (Å²) in [6.07, 6.45) is 1.01. The summed E-state index contributed by atoms with van der Waals surface area (Å²) in [6.45, 7) is 10.2. The minimum Gasteiger partial charge on any atom is -0.491 e. The lowest BCUT2D eigenvalue weighted by atomic mass is 9.86. The minimum atomic E-state index is -0.890. The molecule has 4 aromatic rings. The maximum Gasteiger partial charge on any atom is 0.513 e. The first-order valence-corrected chi connectivity index (χ1v) is 14.5. The lowest BCUT2D eigenvalue weighted by molar-refractivity contribution is 0.0336. The topological polar surface area (TPSA) is 111 Å². The van der Waals surface area contributed by atoms with E-state index in [1.54, 1.807) is 12.1 Å². The molecule has 0 saturated carbocycles. The van der Waals surface area contributed by atoms with E-state index in [4.69, 9.17) is 19.2 Å².